The molecule has 1 fully saturated rings. The quantitative estimate of drug-likeness (QED) is 0.804. The van der Waals surface area contributed by atoms with Crippen LogP contribution in [0, 0.1) is 5.92 Å². The number of benzene rings is 1. The molecule has 0 saturated heterocycles. The van der Waals surface area contributed by atoms with Gasteiger partial charge in [-0.3, -0.25) is 4.79 Å². The highest BCUT2D eigenvalue weighted by molar-refractivity contribution is 9.10. The van der Waals surface area contributed by atoms with Crippen LogP contribution in [0.25, 0.3) is 0 Å². The Morgan fingerprint density at radius 1 is 1.60 bits per heavy atom. The number of nitrogens with one attached hydrogen (secondary N) is 1. The minimum Gasteiger partial charge on any atom is -0.349 e. The van der Waals surface area contributed by atoms with Gasteiger partial charge in [-0.15, -0.1) is 12.6 Å². The molecule has 0 bridgehead atoms. The lowest BCUT2D eigenvalue weighted by Gasteiger charge is -2.06. The second kappa shape index (κ2) is 4.18. The minimum atomic E-state index is -0.0212. The molecule has 2 rings (SSSR count). The molecule has 80 valence electrons. The number of carbonyl (C=O) groups excluding carboxylic acids is 1. The lowest BCUT2D eigenvalue weighted by Crippen LogP contribution is -2.26. The van der Waals surface area contributed by atoms with Crippen LogP contribution in [0.15, 0.2) is 27.6 Å². The Hall–Kier alpha value is -0.480. The first-order valence-corrected chi connectivity index (χ1v) is 6.11. The summed E-state index contributed by atoms with van der Waals surface area (Å²) in [4.78, 5) is 12.6. The Bertz CT molecular complexity index is 408. The van der Waals surface area contributed by atoms with E-state index >= 15 is 0 Å². The third-order valence-corrected chi connectivity index (χ3v) is 3.59. The van der Waals surface area contributed by atoms with E-state index in [0.29, 0.717) is 17.5 Å². The molecule has 0 aromatic heterocycles. The first-order chi connectivity index (χ1) is 7.08. The van der Waals surface area contributed by atoms with Gasteiger partial charge >= 0.3 is 0 Å². The van der Waals surface area contributed by atoms with Crippen molar-refractivity contribution in [3.05, 3.63) is 28.2 Å². The fraction of sp³-hybridized carbons (Fsp3) is 0.364. The highest BCUT2D eigenvalue weighted by Gasteiger charge is 2.34. The van der Waals surface area contributed by atoms with Crippen LogP contribution < -0.4 is 5.32 Å². The molecule has 1 N–H and O–H groups in total. The van der Waals surface area contributed by atoms with Crippen molar-refractivity contribution in [2.75, 3.05) is 0 Å². The summed E-state index contributed by atoms with van der Waals surface area (Å²) >= 11 is 7.58. The van der Waals surface area contributed by atoms with Crippen molar-refractivity contribution >= 4 is 34.5 Å². The summed E-state index contributed by atoms with van der Waals surface area (Å²) in [5, 5.41) is 2.99. The maximum absolute atomic E-state index is 11.8. The fourth-order valence-corrected chi connectivity index (χ4v) is 2.09. The Morgan fingerprint density at radius 3 is 2.87 bits per heavy atom. The molecule has 1 aliphatic rings. The lowest BCUT2D eigenvalue weighted by molar-refractivity contribution is 0.0948. The number of halogens is 1. The normalized spacial score (nSPS) is 23.7. The second-order valence-electron chi connectivity index (χ2n) is 3.96. The molecule has 15 heavy (non-hydrogen) atoms. The van der Waals surface area contributed by atoms with Gasteiger partial charge in [0.25, 0.3) is 5.91 Å². The third kappa shape index (κ3) is 2.55. The maximum atomic E-state index is 11.8. The molecule has 0 radical (unpaired) electrons. The van der Waals surface area contributed by atoms with Crippen molar-refractivity contribution < 1.29 is 4.79 Å². The summed E-state index contributed by atoms with van der Waals surface area (Å²) in [7, 11) is 0. The second-order valence-corrected chi connectivity index (χ2v) is 5.33. The Morgan fingerprint density at radius 2 is 2.27 bits per heavy atom. The van der Waals surface area contributed by atoms with Crippen LogP contribution in [0.3, 0.4) is 0 Å². The van der Waals surface area contributed by atoms with Crippen LogP contribution in [0.2, 0.25) is 0 Å². The Labute approximate surface area is 103 Å². The lowest BCUT2D eigenvalue weighted by atomic mass is 10.2. The number of amides is 1. The summed E-state index contributed by atoms with van der Waals surface area (Å²) in [6.07, 6.45) is 1.09. The summed E-state index contributed by atoms with van der Waals surface area (Å²) in [6.45, 7) is 2.13. The summed E-state index contributed by atoms with van der Waals surface area (Å²) in [5.41, 5.74) is 0.654. The summed E-state index contributed by atoms with van der Waals surface area (Å²) < 4.78 is 0.811. The van der Waals surface area contributed by atoms with E-state index in [9.17, 15) is 4.79 Å². The smallest absolute Gasteiger partial charge is 0.252 e. The van der Waals surface area contributed by atoms with E-state index in [1.54, 1.807) is 6.07 Å². The maximum Gasteiger partial charge on any atom is 0.252 e. The number of hydrogen-bond acceptors (Lipinski definition) is 2. The molecule has 0 aliphatic heterocycles. The van der Waals surface area contributed by atoms with Gasteiger partial charge in [0.1, 0.15) is 0 Å². The molecule has 2 nitrogen and oxygen atoms in total. The average Bonchev–Trinajstić information content (AvgIpc) is 2.86. The molecule has 0 heterocycles. The molecule has 0 spiro atoms. The molecule has 1 saturated carbocycles. The molecule has 1 aliphatic carbocycles. The molecular formula is C11H12BrNOS. The van der Waals surface area contributed by atoms with Gasteiger partial charge in [-0.1, -0.05) is 6.92 Å². The van der Waals surface area contributed by atoms with Crippen molar-refractivity contribution in [1.29, 1.82) is 0 Å². The van der Waals surface area contributed by atoms with E-state index in [4.69, 9.17) is 0 Å². The predicted octanol–water partition coefficient (Wildman–Crippen LogP) is 2.88. The molecular weight excluding hydrogens is 274 g/mol. The standard InChI is InChI=1S/C11H12BrNOS/c1-6-4-10(6)13-11(14)8-5-7(15)2-3-9(8)12/h2-3,5-6,10,15H,4H2,1H3,(H,13,14). The highest BCUT2D eigenvalue weighted by Crippen LogP contribution is 2.30. The molecule has 4 heteroatoms. The Balaban J connectivity index is 2.14. The molecule has 1 amide bonds. The van der Waals surface area contributed by atoms with Gasteiger partial charge in [-0.25, -0.2) is 0 Å². The SMILES string of the molecule is CC1CC1NC(=O)c1cc(S)ccc1Br. The fourth-order valence-electron chi connectivity index (χ4n) is 1.46. The first-order valence-electron chi connectivity index (χ1n) is 4.87. The number of carbonyl (C=O) groups is 1. The van der Waals surface area contributed by atoms with Gasteiger partial charge < -0.3 is 5.32 Å². The van der Waals surface area contributed by atoms with E-state index in [1.807, 2.05) is 12.1 Å². The van der Waals surface area contributed by atoms with E-state index in [1.165, 1.54) is 0 Å². The topological polar surface area (TPSA) is 29.1 Å². The van der Waals surface area contributed by atoms with Gasteiger partial charge in [0.15, 0.2) is 0 Å². The van der Waals surface area contributed by atoms with Gasteiger partial charge in [0.2, 0.25) is 0 Å². The summed E-state index contributed by atoms with van der Waals surface area (Å²) in [6, 6.07) is 5.82. The number of thiol groups is 1. The van der Waals surface area contributed by atoms with Crippen LogP contribution in [-0.2, 0) is 0 Å². The van der Waals surface area contributed by atoms with Crippen LogP contribution in [0.4, 0.5) is 0 Å². The Kier molecular flexibility index (Phi) is 3.07. The van der Waals surface area contributed by atoms with Gasteiger partial charge in [0.05, 0.1) is 5.56 Å². The van der Waals surface area contributed by atoms with Gasteiger partial charge in [-0.05, 0) is 46.5 Å². The average molecular weight is 286 g/mol. The van der Waals surface area contributed by atoms with Crippen LogP contribution in [-0.4, -0.2) is 11.9 Å². The molecule has 1 aromatic rings. The van der Waals surface area contributed by atoms with E-state index < -0.39 is 0 Å². The van der Waals surface area contributed by atoms with E-state index in [-0.39, 0.29) is 5.91 Å². The monoisotopic (exact) mass is 285 g/mol. The number of hydrogen-bond donors (Lipinski definition) is 2. The van der Waals surface area contributed by atoms with Gasteiger partial charge in [-0.2, -0.15) is 0 Å². The van der Waals surface area contributed by atoms with Crippen LogP contribution >= 0.6 is 28.6 Å². The van der Waals surface area contributed by atoms with Crippen LogP contribution in [0.1, 0.15) is 23.7 Å². The van der Waals surface area contributed by atoms with Crippen LogP contribution in [0.5, 0.6) is 0 Å². The molecule has 2 atom stereocenters. The zero-order chi connectivity index (χ0) is 11.0. The predicted molar refractivity (Wildman–Crippen MR) is 66.4 cm³/mol. The number of rotatable bonds is 2. The minimum absolute atomic E-state index is 0.0212. The largest absolute Gasteiger partial charge is 0.349 e. The first kappa shape index (κ1) is 11.0. The zero-order valence-electron chi connectivity index (χ0n) is 8.33. The van der Waals surface area contributed by atoms with Gasteiger partial charge in [0, 0.05) is 15.4 Å². The van der Waals surface area contributed by atoms with Crippen molar-refractivity contribution in [2.45, 2.75) is 24.3 Å². The summed E-state index contributed by atoms with van der Waals surface area (Å²) in [5.74, 6) is 0.596. The third-order valence-electron chi connectivity index (χ3n) is 2.62. The zero-order valence-corrected chi connectivity index (χ0v) is 10.8. The molecule has 2 unspecified atom stereocenters. The highest BCUT2D eigenvalue weighted by atomic mass is 79.9. The van der Waals surface area contributed by atoms with Crippen molar-refractivity contribution in [2.24, 2.45) is 5.92 Å². The van der Waals surface area contributed by atoms with E-state index in [2.05, 4.69) is 40.8 Å². The van der Waals surface area contributed by atoms with E-state index in [0.717, 1.165) is 15.8 Å². The van der Waals surface area contributed by atoms with Crippen molar-refractivity contribution in [3.8, 4) is 0 Å². The molecule has 1 aromatic carbocycles. The van der Waals surface area contributed by atoms with Crippen molar-refractivity contribution in [1.82, 2.24) is 5.32 Å². The van der Waals surface area contributed by atoms with Crippen molar-refractivity contribution in [3.63, 3.8) is 0 Å².